The van der Waals surface area contributed by atoms with Gasteiger partial charge in [0.25, 0.3) is 0 Å². The largest absolute Gasteiger partial charge is 0.292 e. The van der Waals surface area contributed by atoms with Crippen molar-refractivity contribution in [3.8, 4) is 33.4 Å². The van der Waals surface area contributed by atoms with Crippen LogP contribution in [0.4, 0.5) is 0 Å². The van der Waals surface area contributed by atoms with Crippen molar-refractivity contribution < 1.29 is 0 Å². The fourth-order valence-electron chi connectivity index (χ4n) is 10.8. The number of nitrogens with zero attached hydrogens (tertiary/aromatic N) is 2. The number of allylic oxidation sites excluding steroid dienone is 6. The van der Waals surface area contributed by atoms with E-state index in [9.17, 15) is 0 Å². The lowest BCUT2D eigenvalue weighted by molar-refractivity contribution is 0.527. The average molecular weight is 777 g/mol. The van der Waals surface area contributed by atoms with Crippen molar-refractivity contribution in [2.45, 2.75) is 18.8 Å². The molecule has 2 aromatic heterocycles. The number of imidazole rings is 1. The minimum atomic E-state index is 0.305. The van der Waals surface area contributed by atoms with Gasteiger partial charge in [-0.15, -0.1) is 0 Å². The van der Waals surface area contributed by atoms with Gasteiger partial charge in [0.2, 0.25) is 0 Å². The van der Waals surface area contributed by atoms with Gasteiger partial charge in [0.15, 0.2) is 0 Å². The maximum absolute atomic E-state index is 5.30. The first-order valence-electron chi connectivity index (χ1n) is 21.6. The van der Waals surface area contributed by atoms with Gasteiger partial charge in [0.1, 0.15) is 5.65 Å². The Hall–Kier alpha value is -7.55. The fourth-order valence-corrected chi connectivity index (χ4v) is 10.8. The van der Waals surface area contributed by atoms with Gasteiger partial charge in [-0.25, -0.2) is 4.98 Å². The first-order valence-corrected chi connectivity index (χ1v) is 21.6. The molecule has 9 aromatic carbocycles. The normalized spacial score (nSPS) is 16.4. The van der Waals surface area contributed by atoms with E-state index >= 15 is 0 Å². The standard InChI is InChI=1S/C59H40N2/c1-3-14-39-33-45(26-24-37(39)12-1)57-49-20-6-7-21-50(49)58(46-27-25-38-13-2-4-15-40(38)34-46)53-35-43(28-30-51(53)57)41-16-11-17-42(32-41)44-29-31-56-54(36-44)60-59-52-22-8-5-18-47(52)48-19-9-10-23-55(48)61(56)59/h1-14,16-33,35-36,40,46H,15,34H2. The number of pyridine rings is 1. The van der Waals surface area contributed by atoms with E-state index in [0.717, 1.165) is 35.1 Å². The summed E-state index contributed by atoms with van der Waals surface area (Å²) >= 11 is 0. The van der Waals surface area contributed by atoms with E-state index in [2.05, 4.69) is 211 Å². The van der Waals surface area contributed by atoms with Crippen molar-refractivity contribution in [2.24, 2.45) is 5.92 Å². The van der Waals surface area contributed by atoms with Crippen LogP contribution in [0.2, 0.25) is 0 Å². The van der Waals surface area contributed by atoms with Crippen molar-refractivity contribution >= 4 is 70.7 Å². The van der Waals surface area contributed by atoms with Crippen molar-refractivity contribution in [2.75, 3.05) is 0 Å². The zero-order valence-corrected chi connectivity index (χ0v) is 33.6. The van der Waals surface area contributed by atoms with Gasteiger partial charge in [0, 0.05) is 16.7 Å². The Balaban J connectivity index is 0.990. The first-order chi connectivity index (χ1) is 30.2. The molecule has 0 radical (unpaired) electrons. The van der Waals surface area contributed by atoms with Gasteiger partial charge < -0.3 is 0 Å². The van der Waals surface area contributed by atoms with Crippen LogP contribution in [0.5, 0.6) is 0 Å². The van der Waals surface area contributed by atoms with E-state index in [1.54, 1.807) is 0 Å². The Morgan fingerprint density at radius 2 is 1.16 bits per heavy atom. The van der Waals surface area contributed by atoms with Crippen LogP contribution in [0.3, 0.4) is 0 Å². The fraction of sp³-hybridized carbons (Fsp3) is 0.0678. The van der Waals surface area contributed by atoms with Crippen LogP contribution in [0, 0.1) is 5.92 Å². The molecule has 0 saturated carbocycles. The summed E-state index contributed by atoms with van der Waals surface area (Å²) in [5, 5.41) is 11.5. The molecule has 0 aliphatic heterocycles. The average Bonchev–Trinajstić information content (AvgIpc) is 3.72. The molecule has 0 saturated heterocycles. The highest BCUT2D eigenvalue weighted by Crippen LogP contribution is 2.48. The topological polar surface area (TPSA) is 17.3 Å². The number of hydrogen-bond acceptors (Lipinski definition) is 1. The van der Waals surface area contributed by atoms with E-state index in [-0.39, 0.29) is 0 Å². The Kier molecular flexibility index (Phi) is 7.59. The molecule has 286 valence electrons. The highest BCUT2D eigenvalue weighted by Gasteiger charge is 2.27. The summed E-state index contributed by atoms with van der Waals surface area (Å²) in [7, 11) is 0. The quantitative estimate of drug-likeness (QED) is 0.129. The van der Waals surface area contributed by atoms with E-state index < -0.39 is 0 Å². The second-order valence-corrected chi connectivity index (χ2v) is 17.0. The van der Waals surface area contributed by atoms with E-state index in [4.69, 9.17) is 4.98 Å². The van der Waals surface area contributed by atoms with Crippen LogP contribution >= 0.6 is 0 Å². The number of para-hydroxylation sites is 1. The lowest BCUT2D eigenvalue weighted by atomic mass is 9.74. The van der Waals surface area contributed by atoms with Crippen LogP contribution < -0.4 is 0 Å². The molecule has 0 bridgehead atoms. The summed E-state index contributed by atoms with van der Waals surface area (Å²) in [5.74, 6) is 0.844. The second kappa shape index (κ2) is 13.5. The van der Waals surface area contributed by atoms with Gasteiger partial charge >= 0.3 is 0 Å². The molecular weight excluding hydrogens is 737 g/mol. The summed E-state index contributed by atoms with van der Waals surface area (Å²) in [6, 6.07) is 65.2. The second-order valence-electron chi connectivity index (χ2n) is 17.0. The Bertz CT molecular complexity index is 3730. The minimum Gasteiger partial charge on any atom is -0.292 e. The summed E-state index contributed by atoms with van der Waals surface area (Å²) in [6.07, 6.45) is 14.0. The Morgan fingerprint density at radius 3 is 2.05 bits per heavy atom. The van der Waals surface area contributed by atoms with Crippen molar-refractivity contribution in [3.05, 3.63) is 217 Å². The molecule has 0 amide bonds. The summed E-state index contributed by atoms with van der Waals surface area (Å²) < 4.78 is 2.33. The van der Waals surface area contributed by atoms with Crippen LogP contribution in [-0.4, -0.2) is 9.38 Å². The Labute approximate surface area is 354 Å². The van der Waals surface area contributed by atoms with Crippen LogP contribution in [0.15, 0.2) is 212 Å². The summed E-state index contributed by atoms with van der Waals surface area (Å²) in [6.45, 7) is 0. The smallest absolute Gasteiger partial charge is 0.146 e. The monoisotopic (exact) mass is 776 g/mol. The molecule has 0 spiro atoms. The zero-order chi connectivity index (χ0) is 40.0. The predicted octanol–water partition coefficient (Wildman–Crippen LogP) is 15.8. The van der Waals surface area contributed by atoms with Gasteiger partial charge in [-0.3, -0.25) is 4.40 Å². The van der Waals surface area contributed by atoms with Gasteiger partial charge in [-0.1, -0.05) is 170 Å². The molecular formula is C59H40N2. The lowest BCUT2D eigenvalue weighted by Crippen LogP contribution is -2.14. The first kappa shape index (κ1) is 34.3. The number of benzene rings is 9. The number of rotatable bonds is 4. The van der Waals surface area contributed by atoms with E-state index in [1.807, 2.05) is 0 Å². The molecule has 2 aliphatic rings. The van der Waals surface area contributed by atoms with Gasteiger partial charge in [-0.2, -0.15) is 0 Å². The van der Waals surface area contributed by atoms with Crippen molar-refractivity contribution in [3.63, 3.8) is 0 Å². The third-order valence-electron chi connectivity index (χ3n) is 13.6. The summed E-state index contributed by atoms with van der Waals surface area (Å²) in [4.78, 5) is 5.30. The lowest BCUT2D eigenvalue weighted by Gasteiger charge is -2.30. The minimum absolute atomic E-state index is 0.305. The predicted molar refractivity (Wildman–Crippen MR) is 258 cm³/mol. The third kappa shape index (κ3) is 5.38. The van der Waals surface area contributed by atoms with Crippen LogP contribution in [-0.2, 0) is 0 Å². The molecule has 61 heavy (non-hydrogen) atoms. The van der Waals surface area contributed by atoms with Crippen molar-refractivity contribution in [1.29, 1.82) is 0 Å². The molecule has 2 atom stereocenters. The third-order valence-corrected chi connectivity index (χ3v) is 13.6. The molecule has 0 N–H and O–H groups in total. The molecule has 2 unspecified atom stereocenters. The Morgan fingerprint density at radius 1 is 0.475 bits per heavy atom. The summed E-state index contributed by atoms with van der Waals surface area (Å²) in [5.41, 5.74) is 14.5. The molecule has 2 heterocycles. The maximum atomic E-state index is 5.30. The maximum Gasteiger partial charge on any atom is 0.146 e. The molecule has 2 nitrogen and oxygen atoms in total. The zero-order valence-electron chi connectivity index (χ0n) is 33.6. The molecule has 11 aromatic rings. The number of aromatic nitrogens is 2. The molecule has 2 aliphatic carbocycles. The van der Waals surface area contributed by atoms with Gasteiger partial charge in [0.05, 0.1) is 16.6 Å². The van der Waals surface area contributed by atoms with Crippen LogP contribution in [0.25, 0.3) is 104 Å². The van der Waals surface area contributed by atoms with E-state index in [1.165, 1.54) is 92.9 Å². The number of fused-ring (bicyclic) bond motifs is 12. The molecule has 0 fully saturated rings. The highest BCUT2D eigenvalue weighted by atomic mass is 15.0. The van der Waals surface area contributed by atoms with Crippen LogP contribution in [0.1, 0.15) is 24.3 Å². The van der Waals surface area contributed by atoms with Gasteiger partial charge in [-0.05, 0) is 137 Å². The highest BCUT2D eigenvalue weighted by molar-refractivity contribution is 6.17. The van der Waals surface area contributed by atoms with Crippen molar-refractivity contribution in [1.82, 2.24) is 9.38 Å². The molecule has 2 heteroatoms. The van der Waals surface area contributed by atoms with E-state index in [0.29, 0.717) is 11.8 Å². The number of hydrogen-bond donors (Lipinski definition) is 0. The molecule has 13 rings (SSSR count). The SMILES string of the molecule is C1=CCC2CC(c3c4ccccc4c(-c4ccc5ccccc5c4)c4ccc(-c5cccc(-c6ccc7c(c6)nc6c8ccccc8c8ccccc8n76)c5)cc34)C=CC2=C1.